The minimum Gasteiger partial charge on any atom is -0.357 e. The lowest BCUT2D eigenvalue weighted by molar-refractivity contribution is -0.385. The van der Waals surface area contributed by atoms with Gasteiger partial charge in [0.1, 0.15) is 6.04 Å². The average Bonchev–Trinajstić information content (AvgIpc) is 2.69. The molecule has 2 aromatic carbocycles. The Kier molecular flexibility index (Phi) is 7.52. The highest BCUT2D eigenvalue weighted by Crippen LogP contribution is 2.23. The van der Waals surface area contributed by atoms with Crippen LogP contribution in [0.1, 0.15) is 24.5 Å². The Morgan fingerprint density at radius 3 is 2.32 bits per heavy atom. The molecule has 0 aromatic heterocycles. The number of para-hydroxylation sites is 1. The van der Waals surface area contributed by atoms with Gasteiger partial charge in [-0.15, -0.1) is 0 Å². The molecular weight excluding hydrogens is 382 g/mol. The van der Waals surface area contributed by atoms with Crippen molar-refractivity contribution >= 4 is 29.1 Å². The van der Waals surface area contributed by atoms with Crippen LogP contribution in [-0.4, -0.2) is 34.7 Å². The van der Waals surface area contributed by atoms with Gasteiger partial charge in [-0.05, 0) is 18.1 Å². The fourth-order valence-corrected chi connectivity index (χ4v) is 3.19. The molecule has 0 bridgehead atoms. The fraction of sp³-hybridized carbons (Fsp3) is 0.300. The van der Waals surface area contributed by atoms with Gasteiger partial charge in [0.25, 0.3) is 5.69 Å². The third-order valence-electron chi connectivity index (χ3n) is 4.46. The maximum atomic E-state index is 13.1. The lowest BCUT2D eigenvalue weighted by Crippen LogP contribution is -2.48. The number of rotatable bonds is 8. The summed E-state index contributed by atoms with van der Waals surface area (Å²) in [4.78, 5) is 37.6. The van der Waals surface area contributed by atoms with Crippen LogP contribution >= 0.6 is 11.6 Å². The number of carbonyl (C=O) groups excluding carboxylic acids is 2. The van der Waals surface area contributed by atoms with E-state index in [9.17, 15) is 19.7 Å². The first-order chi connectivity index (χ1) is 13.4. The van der Waals surface area contributed by atoms with Gasteiger partial charge in [-0.3, -0.25) is 19.7 Å². The van der Waals surface area contributed by atoms with E-state index < -0.39 is 11.0 Å². The van der Waals surface area contributed by atoms with Crippen molar-refractivity contribution in [3.8, 4) is 0 Å². The molecule has 2 amide bonds. The van der Waals surface area contributed by atoms with Crippen molar-refractivity contribution in [3.63, 3.8) is 0 Å². The predicted octanol–water partition coefficient (Wildman–Crippen LogP) is 3.34. The van der Waals surface area contributed by atoms with Crippen molar-refractivity contribution in [2.75, 3.05) is 7.05 Å². The van der Waals surface area contributed by atoms with Crippen LogP contribution in [0.3, 0.4) is 0 Å². The van der Waals surface area contributed by atoms with Gasteiger partial charge in [0, 0.05) is 30.2 Å². The molecule has 2 aromatic rings. The van der Waals surface area contributed by atoms with E-state index in [4.69, 9.17) is 11.6 Å². The third kappa shape index (κ3) is 5.07. The topological polar surface area (TPSA) is 92.6 Å². The largest absolute Gasteiger partial charge is 0.357 e. The lowest BCUT2D eigenvalue weighted by Gasteiger charge is -2.30. The highest BCUT2D eigenvalue weighted by Gasteiger charge is 2.29. The molecule has 8 heteroatoms. The third-order valence-corrected chi connectivity index (χ3v) is 4.83. The van der Waals surface area contributed by atoms with Crippen LogP contribution in [0.15, 0.2) is 48.5 Å². The number of nitrogens with zero attached hydrogens (tertiary/aromatic N) is 2. The Hall–Kier alpha value is -2.93. The second-order valence-corrected chi connectivity index (χ2v) is 6.62. The molecule has 1 N–H and O–H groups in total. The lowest BCUT2D eigenvalue weighted by atomic mass is 10.1. The van der Waals surface area contributed by atoms with Crippen molar-refractivity contribution in [3.05, 3.63) is 74.8 Å². The summed E-state index contributed by atoms with van der Waals surface area (Å²) < 4.78 is 0. The van der Waals surface area contributed by atoms with E-state index in [1.807, 2.05) is 0 Å². The number of benzene rings is 2. The standard InChI is InChI=1S/C20H22ClN3O4/c1-3-17(20(26)22-2)23(13-15-9-4-6-10-16(15)21)19(25)12-14-8-5-7-11-18(14)24(27)28/h4-11,17H,3,12-13H2,1-2H3,(H,22,26)/t17-/m1/s1. The van der Waals surface area contributed by atoms with E-state index in [1.165, 1.54) is 18.0 Å². The molecule has 0 spiro atoms. The summed E-state index contributed by atoms with van der Waals surface area (Å²) in [5, 5.41) is 14.3. The average molecular weight is 404 g/mol. The van der Waals surface area contributed by atoms with Crippen molar-refractivity contribution in [1.82, 2.24) is 10.2 Å². The summed E-state index contributed by atoms with van der Waals surface area (Å²) in [6.07, 6.45) is 0.210. The van der Waals surface area contributed by atoms with E-state index in [-0.39, 0.29) is 30.5 Å². The molecule has 148 valence electrons. The number of nitro groups is 1. The number of carbonyl (C=O) groups is 2. The summed E-state index contributed by atoms with van der Waals surface area (Å²) in [5.74, 6) is -0.685. The van der Waals surface area contributed by atoms with Crippen molar-refractivity contribution in [2.45, 2.75) is 32.4 Å². The molecule has 0 saturated heterocycles. The molecule has 0 heterocycles. The molecule has 0 fully saturated rings. The maximum Gasteiger partial charge on any atom is 0.273 e. The second-order valence-electron chi connectivity index (χ2n) is 6.21. The van der Waals surface area contributed by atoms with Gasteiger partial charge in [-0.25, -0.2) is 0 Å². The number of nitrogens with one attached hydrogen (secondary N) is 1. The van der Waals surface area contributed by atoms with Gasteiger partial charge in [0.05, 0.1) is 11.3 Å². The highest BCUT2D eigenvalue weighted by atomic mass is 35.5. The molecule has 2 rings (SSSR count). The highest BCUT2D eigenvalue weighted by molar-refractivity contribution is 6.31. The number of halogens is 1. The van der Waals surface area contributed by atoms with Crippen LogP contribution in [0.2, 0.25) is 5.02 Å². The van der Waals surface area contributed by atoms with Gasteiger partial charge in [0.2, 0.25) is 11.8 Å². The van der Waals surface area contributed by atoms with E-state index >= 15 is 0 Å². The van der Waals surface area contributed by atoms with E-state index in [2.05, 4.69) is 5.32 Å². The summed E-state index contributed by atoms with van der Waals surface area (Å²) in [7, 11) is 1.51. The number of hydrogen-bond acceptors (Lipinski definition) is 4. The SMILES string of the molecule is CC[C@H](C(=O)NC)N(Cc1ccccc1Cl)C(=O)Cc1ccccc1[N+](=O)[O-]. The van der Waals surface area contributed by atoms with Crippen LogP contribution in [0.25, 0.3) is 0 Å². The van der Waals surface area contributed by atoms with Gasteiger partial charge in [-0.2, -0.15) is 0 Å². The van der Waals surface area contributed by atoms with E-state index in [1.54, 1.807) is 49.4 Å². The van der Waals surface area contributed by atoms with E-state index in [0.29, 0.717) is 22.6 Å². The van der Waals surface area contributed by atoms with Crippen LogP contribution < -0.4 is 5.32 Å². The first-order valence-corrected chi connectivity index (χ1v) is 9.23. The molecule has 0 radical (unpaired) electrons. The number of likely N-dealkylation sites (N-methyl/N-ethyl adjacent to an activating group) is 1. The van der Waals surface area contributed by atoms with Gasteiger partial charge in [-0.1, -0.05) is 54.9 Å². The predicted molar refractivity (Wildman–Crippen MR) is 107 cm³/mol. The summed E-state index contributed by atoms with van der Waals surface area (Å²) >= 11 is 6.23. The minimum absolute atomic E-state index is 0.124. The smallest absolute Gasteiger partial charge is 0.273 e. The molecule has 7 nitrogen and oxygen atoms in total. The molecule has 0 aliphatic carbocycles. The molecule has 0 saturated carbocycles. The Morgan fingerprint density at radius 2 is 1.75 bits per heavy atom. The maximum absolute atomic E-state index is 13.1. The zero-order valence-corrected chi connectivity index (χ0v) is 16.5. The normalized spacial score (nSPS) is 11.5. The first-order valence-electron chi connectivity index (χ1n) is 8.85. The summed E-state index contributed by atoms with van der Waals surface area (Å²) in [5.41, 5.74) is 0.873. The summed E-state index contributed by atoms with van der Waals surface area (Å²) in [6.45, 7) is 1.93. The van der Waals surface area contributed by atoms with Gasteiger partial charge >= 0.3 is 0 Å². The van der Waals surface area contributed by atoms with Crippen molar-refractivity contribution < 1.29 is 14.5 Å². The fourth-order valence-electron chi connectivity index (χ4n) is 3.00. The van der Waals surface area contributed by atoms with Crippen LogP contribution in [-0.2, 0) is 22.6 Å². The van der Waals surface area contributed by atoms with E-state index in [0.717, 1.165) is 0 Å². The van der Waals surface area contributed by atoms with Gasteiger partial charge < -0.3 is 10.2 Å². The molecule has 0 aliphatic heterocycles. The second kappa shape index (κ2) is 9.85. The van der Waals surface area contributed by atoms with Crippen LogP contribution in [0.4, 0.5) is 5.69 Å². The molecule has 0 unspecified atom stereocenters. The quantitative estimate of drug-likeness (QED) is 0.540. The summed E-state index contributed by atoms with van der Waals surface area (Å²) in [6, 6.07) is 12.5. The van der Waals surface area contributed by atoms with Crippen molar-refractivity contribution in [1.29, 1.82) is 0 Å². The molecule has 0 aliphatic rings. The van der Waals surface area contributed by atoms with Crippen molar-refractivity contribution in [2.24, 2.45) is 0 Å². The monoisotopic (exact) mass is 403 g/mol. The molecule has 28 heavy (non-hydrogen) atoms. The Bertz CT molecular complexity index is 872. The van der Waals surface area contributed by atoms with Gasteiger partial charge in [0.15, 0.2) is 0 Å². The Labute approximate surface area is 168 Å². The zero-order valence-electron chi connectivity index (χ0n) is 15.7. The number of amides is 2. The Morgan fingerprint density at radius 1 is 1.14 bits per heavy atom. The number of hydrogen-bond donors (Lipinski definition) is 1. The van der Waals surface area contributed by atoms with Crippen LogP contribution in [0.5, 0.6) is 0 Å². The Balaban J connectivity index is 2.37. The molecular formula is C20H22ClN3O4. The first kappa shape index (κ1) is 21.4. The minimum atomic E-state index is -0.712. The molecule has 1 atom stereocenters. The van der Waals surface area contributed by atoms with Crippen LogP contribution in [0, 0.1) is 10.1 Å². The zero-order chi connectivity index (χ0) is 20.7. The number of nitro benzene ring substituents is 1.